The lowest BCUT2D eigenvalue weighted by molar-refractivity contribution is -0.129. The van der Waals surface area contributed by atoms with Gasteiger partial charge in [0.25, 0.3) is 0 Å². The highest BCUT2D eigenvalue weighted by molar-refractivity contribution is 5.78. The van der Waals surface area contributed by atoms with Crippen LogP contribution in [0.25, 0.3) is 0 Å². The van der Waals surface area contributed by atoms with Crippen LogP contribution in [0.1, 0.15) is 51.9 Å². The molecule has 2 aliphatic carbocycles. The Morgan fingerprint density at radius 1 is 1.24 bits per heavy atom. The van der Waals surface area contributed by atoms with Gasteiger partial charge in [0.1, 0.15) is 0 Å². The Morgan fingerprint density at radius 3 is 2.47 bits per heavy atom. The molecule has 0 heterocycles. The van der Waals surface area contributed by atoms with Crippen molar-refractivity contribution < 1.29 is 4.79 Å². The van der Waals surface area contributed by atoms with E-state index in [0.717, 1.165) is 5.92 Å². The van der Waals surface area contributed by atoms with Gasteiger partial charge in [0.15, 0.2) is 0 Å². The summed E-state index contributed by atoms with van der Waals surface area (Å²) in [6, 6.07) is 1.03. The van der Waals surface area contributed by atoms with Crippen molar-refractivity contribution in [2.24, 2.45) is 5.92 Å². The van der Waals surface area contributed by atoms with E-state index < -0.39 is 0 Å². The largest absolute Gasteiger partial charge is 0.342 e. The first-order valence-electron chi connectivity index (χ1n) is 7.17. The number of amides is 1. The maximum atomic E-state index is 11.9. The molecule has 1 N–H and O–H groups in total. The SMILES string of the molecule is C[C@H](NCC(=O)N(C)C1CC1)C1CCCCC1. The first kappa shape index (κ1) is 12.9. The van der Waals surface area contributed by atoms with Crippen LogP contribution < -0.4 is 5.32 Å². The second-order valence-electron chi connectivity index (χ2n) is 5.80. The molecule has 17 heavy (non-hydrogen) atoms. The van der Waals surface area contributed by atoms with Crippen molar-refractivity contribution >= 4 is 5.91 Å². The zero-order valence-electron chi connectivity index (χ0n) is 11.2. The van der Waals surface area contributed by atoms with Crippen molar-refractivity contribution in [3.63, 3.8) is 0 Å². The molecule has 2 fully saturated rings. The van der Waals surface area contributed by atoms with Gasteiger partial charge in [0.2, 0.25) is 5.91 Å². The molecule has 1 atom stereocenters. The summed E-state index contributed by atoms with van der Waals surface area (Å²) in [6.45, 7) is 2.76. The van der Waals surface area contributed by atoms with Gasteiger partial charge in [0, 0.05) is 19.1 Å². The zero-order chi connectivity index (χ0) is 12.3. The molecule has 2 aliphatic rings. The molecule has 2 rings (SSSR count). The van der Waals surface area contributed by atoms with Crippen LogP contribution in [-0.4, -0.2) is 36.5 Å². The van der Waals surface area contributed by atoms with E-state index in [-0.39, 0.29) is 5.91 Å². The highest BCUT2D eigenvalue weighted by Crippen LogP contribution is 2.27. The summed E-state index contributed by atoms with van der Waals surface area (Å²) in [5.41, 5.74) is 0. The predicted molar refractivity (Wildman–Crippen MR) is 69.8 cm³/mol. The summed E-state index contributed by atoms with van der Waals surface area (Å²) in [6.07, 6.45) is 9.19. The number of nitrogens with zero attached hydrogens (tertiary/aromatic N) is 1. The standard InChI is InChI=1S/C14H26N2O/c1-11(12-6-4-3-5-7-12)15-10-14(17)16(2)13-8-9-13/h11-13,15H,3-10H2,1-2H3/t11-/m0/s1. The maximum Gasteiger partial charge on any atom is 0.236 e. The van der Waals surface area contributed by atoms with Gasteiger partial charge in [-0.1, -0.05) is 19.3 Å². The number of carbonyl (C=O) groups is 1. The van der Waals surface area contributed by atoms with E-state index >= 15 is 0 Å². The second-order valence-corrected chi connectivity index (χ2v) is 5.80. The van der Waals surface area contributed by atoms with E-state index in [1.807, 2.05) is 11.9 Å². The molecule has 0 aromatic carbocycles. The van der Waals surface area contributed by atoms with Gasteiger partial charge in [-0.25, -0.2) is 0 Å². The van der Waals surface area contributed by atoms with Gasteiger partial charge in [-0.2, -0.15) is 0 Å². The first-order valence-corrected chi connectivity index (χ1v) is 7.17. The predicted octanol–water partition coefficient (Wildman–Crippen LogP) is 2.17. The van der Waals surface area contributed by atoms with Gasteiger partial charge in [-0.05, 0) is 38.5 Å². The van der Waals surface area contributed by atoms with Crippen molar-refractivity contribution in [3.8, 4) is 0 Å². The van der Waals surface area contributed by atoms with Gasteiger partial charge < -0.3 is 10.2 Å². The average molecular weight is 238 g/mol. The van der Waals surface area contributed by atoms with E-state index in [1.54, 1.807) is 0 Å². The van der Waals surface area contributed by atoms with E-state index in [9.17, 15) is 4.79 Å². The summed E-state index contributed by atoms with van der Waals surface area (Å²) in [5, 5.41) is 3.42. The molecule has 0 unspecified atom stereocenters. The lowest BCUT2D eigenvalue weighted by Crippen LogP contribution is -2.42. The highest BCUT2D eigenvalue weighted by atomic mass is 16.2. The van der Waals surface area contributed by atoms with Crippen LogP contribution >= 0.6 is 0 Å². The first-order chi connectivity index (χ1) is 8.18. The molecule has 98 valence electrons. The molecule has 0 aromatic rings. The molecule has 2 saturated carbocycles. The van der Waals surface area contributed by atoms with Crippen molar-refractivity contribution in [1.29, 1.82) is 0 Å². The Bertz CT molecular complexity index is 257. The molecule has 0 aliphatic heterocycles. The van der Waals surface area contributed by atoms with Crippen LogP contribution in [0.3, 0.4) is 0 Å². The van der Waals surface area contributed by atoms with Crippen LogP contribution in [-0.2, 0) is 4.79 Å². The number of carbonyl (C=O) groups excluding carboxylic acids is 1. The van der Waals surface area contributed by atoms with Gasteiger partial charge in [-0.3, -0.25) is 4.79 Å². The molecule has 0 saturated heterocycles. The topological polar surface area (TPSA) is 32.3 Å². The molecule has 0 bridgehead atoms. The Kier molecular flexibility index (Phi) is 4.43. The highest BCUT2D eigenvalue weighted by Gasteiger charge is 2.29. The number of likely N-dealkylation sites (N-methyl/N-ethyl adjacent to an activating group) is 1. The summed E-state index contributed by atoms with van der Waals surface area (Å²) in [4.78, 5) is 13.8. The molecular weight excluding hydrogens is 212 g/mol. The number of nitrogens with one attached hydrogen (secondary N) is 1. The van der Waals surface area contributed by atoms with Crippen molar-refractivity contribution in [2.75, 3.05) is 13.6 Å². The molecule has 0 radical (unpaired) electrons. The van der Waals surface area contributed by atoms with Crippen molar-refractivity contribution in [3.05, 3.63) is 0 Å². The third kappa shape index (κ3) is 3.70. The fraction of sp³-hybridized carbons (Fsp3) is 0.929. The number of hydrogen-bond acceptors (Lipinski definition) is 2. The third-order valence-electron chi connectivity index (χ3n) is 4.42. The normalized spacial score (nSPS) is 23.4. The Hall–Kier alpha value is -0.570. The maximum absolute atomic E-state index is 11.9. The molecular formula is C14H26N2O. The summed E-state index contributed by atoms with van der Waals surface area (Å²) < 4.78 is 0. The Balaban J connectivity index is 1.67. The smallest absolute Gasteiger partial charge is 0.236 e. The van der Waals surface area contributed by atoms with E-state index in [1.165, 1.54) is 44.9 Å². The quantitative estimate of drug-likeness (QED) is 0.796. The lowest BCUT2D eigenvalue weighted by atomic mass is 9.84. The minimum atomic E-state index is 0.259. The minimum absolute atomic E-state index is 0.259. The molecule has 0 aromatic heterocycles. The second kappa shape index (κ2) is 5.85. The van der Waals surface area contributed by atoms with Crippen LogP contribution in [0.5, 0.6) is 0 Å². The van der Waals surface area contributed by atoms with E-state index in [0.29, 0.717) is 18.6 Å². The third-order valence-corrected chi connectivity index (χ3v) is 4.42. The summed E-state index contributed by atoms with van der Waals surface area (Å²) in [5.74, 6) is 1.04. The fourth-order valence-corrected chi connectivity index (χ4v) is 2.84. The number of hydrogen-bond donors (Lipinski definition) is 1. The van der Waals surface area contributed by atoms with Gasteiger partial charge in [0.05, 0.1) is 6.54 Å². The van der Waals surface area contributed by atoms with Crippen LogP contribution in [0.15, 0.2) is 0 Å². The van der Waals surface area contributed by atoms with Crippen LogP contribution in [0, 0.1) is 5.92 Å². The van der Waals surface area contributed by atoms with Crippen molar-refractivity contribution in [1.82, 2.24) is 10.2 Å². The van der Waals surface area contributed by atoms with E-state index in [2.05, 4.69) is 12.2 Å². The molecule has 3 nitrogen and oxygen atoms in total. The monoisotopic (exact) mass is 238 g/mol. The average Bonchev–Trinajstić information content (AvgIpc) is 3.20. The van der Waals surface area contributed by atoms with E-state index in [4.69, 9.17) is 0 Å². The lowest BCUT2D eigenvalue weighted by Gasteiger charge is -2.28. The zero-order valence-corrected chi connectivity index (χ0v) is 11.2. The minimum Gasteiger partial charge on any atom is -0.342 e. The Labute approximate surface area is 105 Å². The van der Waals surface area contributed by atoms with Crippen LogP contribution in [0.2, 0.25) is 0 Å². The molecule has 1 amide bonds. The molecule has 0 spiro atoms. The van der Waals surface area contributed by atoms with Gasteiger partial charge in [-0.15, -0.1) is 0 Å². The van der Waals surface area contributed by atoms with Crippen molar-refractivity contribution in [2.45, 2.75) is 64.0 Å². The fourth-order valence-electron chi connectivity index (χ4n) is 2.84. The number of rotatable bonds is 5. The summed E-state index contributed by atoms with van der Waals surface area (Å²) >= 11 is 0. The molecule has 3 heteroatoms. The van der Waals surface area contributed by atoms with Crippen LogP contribution in [0.4, 0.5) is 0 Å². The van der Waals surface area contributed by atoms with Gasteiger partial charge >= 0.3 is 0 Å². The summed E-state index contributed by atoms with van der Waals surface area (Å²) in [7, 11) is 1.94. The Morgan fingerprint density at radius 2 is 1.88 bits per heavy atom.